The third kappa shape index (κ3) is 1.54. The quantitative estimate of drug-likeness (QED) is 0.850. The minimum absolute atomic E-state index is 0.101. The van der Waals surface area contributed by atoms with Crippen molar-refractivity contribution in [3.8, 4) is 0 Å². The summed E-state index contributed by atoms with van der Waals surface area (Å²) in [6.45, 7) is 0. The maximum atomic E-state index is 11.2. The number of nitrogen functional groups attached to an aromatic ring is 1. The highest BCUT2D eigenvalue weighted by Gasteiger charge is 2.26. The van der Waals surface area contributed by atoms with Gasteiger partial charge in [-0.3, -0.25) is 4.40 Å². The Morgan fingerprint density at radius 3 is 2.78 bits per heavy atom. The minimum atomic E-state index is -0.998. The van der Waals surface area contributed by atoms with E-state index < -0.39 is 5.97 Å². The highest BCUT2D eigenvalue weighted by atomic mass is 16.4. The zero-order valence-electron chi connectivity index (χ0n) is 9.97. The lowest BCUT2D eigenvalue weighted by Gasteiger charge is -2.09. The van der Waals surface area contributed by atoms with Crippen LogP contribution in [0.3, 0.4) is 0 Å². The summed E-state index contributed by atoms with van der Waals surface area (Å²) in [6.07, 6.45) is 4.47. The summed E-state index contributed by atoms with van der Waals surface area (Å²) in [5, 5.41) is 9.21. The minimum Gasteiger partial charge on any atom is -0.476 e. The van der Waals surface area contributed by atoms with Crippen LogP contribution in [-0.4, -0.2) is 20.5 Å². The van der Waals surface area contributed by atoms with Gasteiger partial charge in [-0.05, 0) is 25.0 Å². The number of nitrogens with two attached hydrogens (primary N) is 1. The van der Waals surface area contributed by atoms with Crippen molar-refractivity contribution in [2.75, 3.05) is 5.73 Å². The second-order valence-electron chi connectivity index (χ2n) is 4.78. The van der Waals surface area contributed by atoms with Crippen molar-refractivity contribution in [3.05, 3.63) is 29.7 Å². The summed E-state index contributed by atoms with van der Waals surface area (Å²) in [7, 11) is 0. The van der Waals surface area contributed by atoms with Gasteiger partial charge in [-0.25, -0.2) is 9.78 Å². The molecule has 0 bridgehead atoms. The number of pyridine rings is 1. The highest BCUT2D eigenvalue weighted by Crippen LogP contribution is 2.35. The second-order valence-corrected chi connectivity index (χ2v) is 4.78. The molecule has 1 aliphatic rings. The fourth-order valence-electron chi connectivity index (χ4n) is 2.80. The summed E-state index contributed by atoms with van der Waals surface area (Å²) in [6, 6.07) is 5.29. The number of carboxylic acid groups (broad SMARTS) is 1. The van der Waals surface area contributed by atoms with Gasteiger partial charge in [0.2, 0.25) is 0 Å². The fraction of sp³-hybridized carbons (Fsp3) is 0.385. The number of carbonyl (C=O) groups is 1. The molecule has 3 rings (SSSR count). The Morgan fingerprint density at radius 1 is 1.39 bits per heavy atom. The Kier molecular flexibility index (Phi) is 2.47. The van der Waals surface area contributed by atoms with E-state index in [2.05, 4.69) is 4.98 Å². The van der Waals surface area contributed by atoms with E-state index in [9.17, 15) is 9.90 Å². The van der Waals surface area contributed by atoms with Crippen LogP contribution in [0, 0.1) is 0 Å². The molecule has 2 aromatic heterocycles. The number of rotatable bonds is 2. The maximum absolute atomic E-state index is 11.2. The SMILES string of the molecule is Nc1cccc2c(C(=O)O)nc(C3CCCC3)n12. The van der Waals surface area contributed by atoms with E-state index in [0.717, 1.165) is 18.7 Å². The molecule has 0 aromatic carbocycles. The van der Waals surface area contributed by atoms with Crippen LogP contribution in [0.1, 0.15) is 47.9 Å². The number of fused-ring (bicyclic) bond motifs is 1. The van der Waals surface area contributed by atoms with Gasteiger partial charge in [0, 0.05) is 5.92 Å². The molecular formula is C13H15N3O2. The van der Waals surface area contributed by atoms with Gasteiger partial charge in [-0.15, -0.1) is 0 Å². The van der Waals surface area contributed by atoms with Gasteiger partial charge in [0.25, 0.3) is 0 Å². The van der Waals surface area contributed by atoms with Crippen LogP contribution in [-0.2, 0) is 0 Å². The van der Waals surface area contributed by atoms with Crippen molar-refractivity contribution >= 4 is 17.3 Å². The van der Waals surface area contributed by atoms with Crippen molar-refractivity contribution in [1.29, 1.82) is 0 Å². The van der Waals surface area contributed by atoms with E-state index in [0.29, 0.717) is 17.3 Å². The van der Waals surface area contributed by atoms with E-state index >= 15 is 0 Å². The zero-order valence-corrected chi connectivity index (χ0v) is 9.97. The molecule has 5 nitrogen and oxygen atoms in total. The number of hydrogen-bond donors (Lipinski definition) is 2. The van der Waals surface area contributed by atoms with Gasteiger partial charge >= 0.3 is 5.97 Å². The lowest BCUT2D eigenvalue weighted by molar-refractivity contribution is 0.0693. The molecule has 0 spiro atoms. The molecule has 1 aliphatic carbocycles. The molecule has 0 atom stereocenters. The zero-order chi connectivity index (χ0) is 12.7. The van der Waals surface area contributed by atoms with Crippen molar-refractivity contribution in [3.63, 3.8) is 0 Å². The van der Waals surface area contributed by atoms with Crippen LogP contribution in [0.15, 0.2) is 18.2 Å². The van der Waals surface area contributed by atoms with E-state index in [1.165, 1.54) is 12.8 Å². The third-order valence-corrected chi connectivity index (χ3v) is 3.64. The number of imidazole rings is 1. The van der Waals surface area contributed by atoms with E-state index in [1.807, 2.05) is 0 Å². The number of aromatic carboxylic acids is 1. The average Bonchev–Trinajstić information content (AvgIpc) is 2.95. The number of carboxylic acids is 1. The predicted molar refractivity (Wildman–Crippen MR) is 67.8 cm³/mol. The lowest BCUT2D eigenvalue weighted by Crippen LogP contribution is -2.04. The summed E-state index contributed by atoms with van der Waals surface area (Å²) >= 11 is 0. The first-order valence-electron chi connectivity index (χ1n) is 6.18. The molecule has 0 aliphatic heterocycles. The van der Waals surface area contributed by atoms with Crippen molar-refractivity contribution < 1.29 is 9.90 Å². The van der Waals surface area contributed by atoms with Crippen molar-refractivity contribution in [2.45, 2.75) is 31.6 Å². The predicted octanol–water partition coefficient (Wildman–Crippen LogP) is 2.27. The highest BCUT2D eigenvalue weighted by molar-refractivity contribution is 5.94. The van der Waals surface area contributed by atoms with Crippen molar-refractivity contribution in [1.82, 2.24) is 9.38 Å². The summed E-state index contributed by atoms with van der Waals surface area (Å²) < 4.78 is 1.79. The topological polar surface area (TPSA) is 80.6 Å². The second kappa shape index (κ2) is 4.01. The summed E-state index contributed by atoms with van der Waals surface area (Å²) in [5.74, 6) is 0.685. The number of hydrogen-bond acceptors (Lipinski definition) is 3. The molecule has 94 valence electrons. The largest absolute Gasteiger partial charge is 0.476 e. The van der Waals surface area contributed by atoms with Gasteiger partial charge < -0.3 is 10.8 Å². The van der Waals surface area contributed by atoms with Crippen molar-refractivity contribution in [2.24, 2.45) is 0 Å². The van der Waals surface area contributed by atoms with E-state index in [-0.39, 0.29) is 5.69 Å². The van der Waals surface area contributed by atoms with Gasteiger partial charge in [0.1, 0.15) is 11.6 Å². The molecule has 2 aromatic rings. The number of aromatic nitrogens is 2. The maximum Gasteiger partial charge on any atom is 0.356 e. The molecule has 2 heterocycles. The fourth-order valence-corrected chi connectivity index (χ4v) is 2.80. The first kappa shape index (κ1) is 11.1. The summed E-state index contributed by atoms with van der Waals surface area (Å²) in [4.78, 5) is 15.6. The first-order valence-corrected chi connectivity index (χ1v) is 6.18. The Labute approximate surface area is 104 Å². The van der Waals surface area contributed by atoms with Gasteiger partial charge in [0.05, 0.1) is 5.52 Å². The molecule has 0 amide bonds. The Hall–Kier alpha value is -2.04. The monoisotopic (exact) mass is 245 g/mol. The van der Waals surface area contributed by atoms with Gasteiger partial charge in [0.15, 0.2) is 5.69 Å². The van der Waals surface area contributed by atoms with Gasteiger partial charge in [-0.1, -0.05) is 18.9 Å². The Morgan fingerprint density at radius 2 is 2.11 bits per heavy atom. The normalized spacial score (nSPS) is 16.4. The van der Waals surface area contributed by atoms with E-state index in [1.54, 1.807) is 22.6 Å². The molecule has 3 N–H and O–H groups in total. The number of nitrogens with zero attached hydrogens (tertiary/aromatic N) is 2. The Bertz CT molecular complexity index is 612. The van der Waals surface area contributed by atoms with Crippen LogP contribution in [0.25, 0.3) is 5.52 Å². The standard InChI is InChI=1S/C13H15N3O2/c14-10-7-3-6-9-11(13(17)18)15-12(16(9)10)8-4-1-2-5-8/h3,6-8H,1-2,4-5,14H2,(H,17,18). The molecule has 18 heavy (non-hydrogen) atoms. The molecule has 1 fully saturated rings. The van der Waals surface area contributed by atoms with E-state index in [4.69, 9.17) is 5.73 Å². The smallest absolute Gasteiger partial charge is 0.356 e. The van der Waals surface area contributed by atoms with Crippen LogP contribution in [0.2, 0.25) is 0 Å². The third-order valence-electron chi connectivity index (χ3n) is 3.64. The molecular weight excluding hydrogens is 230 g/mol. The first-order chi connectivity index (χ1) is 8.68. The Balaban J connectivity index is 2.27. The summed E-state index contributed by atoms with van der Waals surface area (Å²) in [5.41, 5.74) is 6.66. The van der Waals surface area contributed by atoms with Gasteiger partial charge in [-0.2, -0.15) is 0 Å². The lowest BCUT2D eigenvalue weighted by atomic mass is 10.1. The molecule has 1 saturated carbocycles. The van der Waals surface area contributed by atoms with Crippen LogP contribution in [0.5, 0.6) is 0 Å². The molecule has 5 heteroatoms. The number of anilines is 1. The molecule has 0 saturated heterocycles. The average molecular weight is 245 g/mol. The molecule has 0 radical (unpaired) electrons. The molecule has 0 unspecified atom stereocenters. The van der Waals surface area contributed by atoms with Crippen LogP contribution in [0.4, 0.5) is 5.82 Å². The van der Waals surface area contributed by atoms with Crippen LogP contribution < -0.4 is 5.73 Å². The van der Waals surface area contributed by atoms with Crippen LogP contribution >= 0.6 is 0 Å².